The van der Waals surface area contributed by atoms with Crippen molar-refractivity contribution in [3.63, 3.8) is 0 Å². The van der Waals surface area contributed by atoms with E-state index in [1.54, 1.807) is 0 Å². The second-order valence-electron chi connectivity index (χ2n) is 4.61. The Balaban J connectivity index is 1.88. The number of hydrogen-bond donors (Lipinski definition) is 2. The zero-order valence-electron chi connectivity index (χ0n) is 9.72. The molecule has 1 aromatic carbocycles. The number of hydrogen-bond acceptors (Lipinski definition) is 2. The lowest BCUT2D eigenvalue weighted by molar-refractivity contribution is 0.393. The molecule has 1 fully saturated rings. The molecule has 1 saturated heterocycles. The Morgan fingerprint density at radius 3 is 3.00 bits per heavy atom. The Hall–Kier alpha value is -0.540. The second kappa shape index (κ2) is 5.69. The first-order valence-electron chi connectivity index (χ1n) is 5.96. The largest absolute Gasteiger partial charge is 0.385 e. The van der Waals surface area contributed by atoms with Gasteiger partial charge >= 0.3 is 0 Å². The first kappa shape index (κ1) is 11.9. The summed E-state index contributed by atoms with van der Waals surface area (Å²) in [6.45, 7) is 5.54. The predicted octanol–water partition coefficient (Wildman–Crippen LogP) is 3.17. The number of anilines is 1. The van der Waals surface area contributed by atoms with E-state index in [0.29, 0.717) is 0 Å². The van der Waals surface area contributed by atoms with Crippen LogP contribution in [-0.2, 0) is 0 Å². The Morgan fingerprint density at radius 1 is 1.44 bits per heavy atom. The van der Waals surface area contributed by atoms with Crippen molar-refractivity contribution in [1.29, 1.82) is 0 Å². The molecule has 16 heavy (non-hydrogen) atoms. The third-order valence-electron chi connectivity index (χ3n) is 3.04. The van der Waals surface area contributed by atoms with E-state index in [1.165, 1.54) is 30.6 Å². The average molecular weight is 283 g/mol. The van der Waals surface area contributed by atoms with Crippen LogP contribution in [0.2, 0.25) is 0 Å². The molecule has 1 aliphatic rings. The third kappa shape index (κ3) is 3.49. The Labute approximate surface area is 106 Å². The van der Waals surface area contributed by atoms with Crippen LogP contribution in [0, 0.1) is 12.8 Å². The van der Waals surface area contributed by atoms with Gasteiger partial charge in [0.15, 0.2) is 0 Å². The van der Waals surface area contributed by atoms with Crippen LogP contribution >= 0.6 is 15.9 Å². The number of halogens is 1. The zero-order chi connectivity index (χ0) is 11.4. The molecule has 2 rings (SSSR count). The maximum absolute atomic E-state index is 3.53. The van der Waals surface area contributed by atoms with Gasteiger partial charge in [0.2, 0.25) is 0 Å². The zero-order valence-corrected chi connectivity index (χ0v) is 11.3. The van der Waals surface area contributed by atoms with Gasteiger partial charge in [0.25, 0.3) is 0 Å². The van der Waals surface area contributed by atoms with Crippen LogP contribution < -0.4 is 10.6 Å². The summed E-state index contributed by atoms with van der Waals surface area (Å²) in [5, 5.41) is 6.97. The normalized spacial score (nSPS) is 20.8. The van der Waals surface area contributed by atoms with Crippen molar-refractivity contribution >= 4 is 21.6 Å². The lowest BCUT2D eigenvalue weighted by Gasteiger charge is -2.23. The molecule has 0 amide bonds. The summed E-state index contributed by atoms with van der Waals surface area (Å²) >= 11 is 3.53. The van der Waals surface area contributed by atoms with Crippen molar-refractivity contribution in [1.82, 2.24) is 5.32 Å². The molecular weight excluding hydrogens is 264 g/mol. The molecule has 0 radical (unpaired) electrons. The quantitative estimate of drug-likeness (QED) is 0.890. The average Bonchev–Trinajstić information content (AvgIpc) is 2.27. The van der Waals surface area contributed by atoms with Gasteiger partial charge in [-0.15, -0.1) is 0 Å². The Bertz CT molecular complexity index is 326. The molecule has 2 N–H and O–H groups in total. The van der Waals surface area contributed by atoms with Gasteiger partial charge in [-0.2, -0.15) is 0 Å². The van der Waals surface area contributed by atoms with Crippen LogP contribution in [0.5, 0.6) is 0 Å². The molecule has 0 aliphatic carbocycles. The highest BCUT2D eigenvalue weighted by atomic mass is 79.9. The van der Waals surface area contributed by atoms with Gasteiger partial charge in [0.1, 0.15) is 0 Å². The fourth-order valence-electron chi connectivity index (χ4n) is 2.20. The van der Waals surface area contributed by atoms with Crippen molar-refractivity contribution in [2.75, 3.05) is 25.0 Å². The van der Waals surface area contributed by atoms with E-state index in [-0.39, 0.29) is 0 Å². The molecule has 0 spiro atoms. The van der Waals surface area contributed by atoms with Gasteiger partial charge in [-0.3, -0.25) is 0 Å². The minimum Gasteiger partial charge on any atom is -0.385 e. The molecule has 0 bridgehead atoms. The maximum atomic E-state index is 3.53. The molecule has 1 aliphatic heterocycles. The van der Waals surface area contributed by atoms with Gasteiger partial charge in [-0.25, -0.2) is 0 Å². The van der Waals surface area contributed by atoms with Gasteiger partial charge in [0, 0.05) is 16.7 Å². The molecule has 1 aromatic rings. The molecule has 1 unspecified atom stereocenters. The molecule has 1 heterocycles. The van der Waals surface area contributed by atoms with E-state index in [1.807, 2.05) is 0 Å². The fourth-order valence-corrected chi connectivity index (χ4v) is 2.81. The lowest BCUT2D eigenvalue weighted by Crippen LogP contribution is -2.33. The summed E-state index contributed by atoms with van der Waals surface area (Å²) in [4.78, 5) is 0. The number of aryl methyl sites for hydroxylation is 1. The SMILES string of the molecule is Cc1cc(Br)cc(NCC2CCCNC2)c1. The summed E-state index contributed by atoms with van der Waals surface area (Å²) in [5.41, 5.74) is 2.51. The molecule has 0 saturated carbocycles. The number of nitrogens with one attached hydrogen (secondary N) is 2. The summed E-state index contributed by atoms with van der Waals surface area (Å²) in [5.74, 6) is 0.771. The third-order valence-corrected chi connectivity index (χ3v) is 3.49. The molecular formula is C13H19BrN2. The lowest BCUT2D eigenvalue weighted by atomic mass is 10.00. The number of piperidine rings is 1. The van der Waals surface area contributed by atoms with Crippen LogP contribution in [0.4, 0.5) is 5.69 Å². The van der Waals surface area contributed by atoms with Crippen molar-refractivity contribution in [2.45, 2.75) is 19.8 Å². The first-order valence-corrected chi connectivity index (χ1v) is 6.75. The number of benzene rings is 1. The van der Waals surface area contributed by atoms with Crippen LogP contribution in [0.1, 0.15) is 18.4 Å². The van der Waals surface area contributed by atoms with Crippen LogP contribution in [0.25, 0.3) is 0 Å². The molecule has 88 valence electrons. The van der Waals surface area contributed by atoms with E-state index in [4.69, 9.17) is 0 Å². The topological polar surface area (TPSA) is 24.1 Å². The first-order chi connectivity index (χ1) is 7.74. The van der Waals surface area contributed by atoms with E-state index < -0.39 is 0 Å². The predicted molar refractivity (Wildman–Crippen MR) is 73.0 cm³/mol. The second-order valence-corrected chi connectivity index (χ2v) is 5.53. The maximum Gasteiger partial charge on any atom is 0.0354 e. The Morgan fingerprint density at radius 2 is 2.31 bits per heavy atom. The minimum absolute atomic E-state index is 0.771. The fraction of sp³-hybridized carbons (Fsp3) is 0.538. The van der Waals surface area contributed by atoms with Crippen LogP contribution in [0.15, 0.2) is 22.7 Å². The standard InChI is InChI=1S/C13H19BrN2/c1-10-5-12(14)7-13(6-10)16-9-11-3-2-4-15-8-11/h5-7,11,15-16H,2-4,8-9H2,1H3. The van der Waals surface area contributed by atoms with E-state index in [0.717, 1.165) is 23.5 Å². The van der Waals surface area contributed by atoms with Gasteiger partial charge < -0.3 is 10.6 Å². The molecule has 3 heteroatoms. The van der Waals surface area contributed by atoms with Gasteiger partial charge in [-0.1, -0.05) is 15.9 Å². The Kier molecular flexibility index (Phi) is 4.24. The molecule has 0 aromatic heterocycles. The van der Waals surface area contributed by atoms with Crippen molar-refractivity contribution in [3.8, 4) is 0 Å². The molecule has 1 atom stereocenters. The monoisotopic (exact) mass is 282 g/mol. The van der Waals surface area contributed by atoms with E-state index >= 15 is 0 Å². The van der Waals surface area contributed by atoms with Crippen LogP contribution in [-0.4, -0.2) is 19.6 Å². The summed E-state index contributed by atoms with van der Waals surface area (Å²) in [7, 11) is 0. The summed E-state index contributed by atoms with van der Waals surface area (Å²) in [6.07, 6.45) is 2.65. The smallest absolute Gasteiger partial charge is 0.0354 e. The summed E-state index contributed by atoms with van der Waals surface area (Å²) in [6, 6.07) is 6.47. The van der Waals surface area contributed by atoms with E-state index in [2.05, 4.69) is 51.7 Å². The highest BCUT2D eigenvalue weighted by molar-refractivity contribution is 9.10. The number of rotatable bonds is 3. The minimum atomic E-state index is 0.771. The van der Waals surface area contributed by atoms with Crippen LogP contribution in [0.3, 0.4) is 0 Å². The van der Waals surface area contributed by atoms with E-state index in [9.17, 15) is 0 Å². The highest BCUT2D eigenvalue weighted by Gasteiger charge is 2.12. The highest BCUT2D eigenvalue weighted by Crippen LogP contribution is 2.20. The van der Waals surface area contributed by atoms with Crippen molar-refractivity contribution in [3.05, 3.63) is 28.2 Å². The van der Waals surface area contributed by atoms with Gasteiger partial charge in [-0.05, 0) is 62.5 Å². The summed E-state index contributed by atoms with van der Waals surface area (Å²) < 4.78 is 1.15. The van der Waals surface area contributed by atoms with Crippen molar-refractivity contribution < 1.29 is 0 Å². The van der Waals surface area contributed by atoms with Gasteiger partial charge in [0.05, 0.1) is 0 Å². The molecule has 2 nitrogen and oxygen atoms in total. The van der Waals surface area contributed by atoms with Crippen molar-refractivity contribution in [2.24, 2.45) is 5.92 Å².